The fraction of sp³-hybridized carbons (Fsp3) is 0.900. The van der Waals surface area contributed by atoms with Crippen LogP contribution in [0.5, 0.6) is 0 Å². The SMILES string of the molecule is CSC(C)CNCC(=O)N1CCOCC1. The van der Waals surface area contributed by atoms with Gasteiger partial charge in [0.25, 0.3) is 0 Å². The van der Waals surface area contributed by atoms with Crippen LogP contribution in [0.15, 0.2) is 0 Å². The summed E-state index contributed by atoms with van der Waals surface area (Å²) < 4.78 is 5.19. The van der Waals surface area contributed by atoms with Gasteiger partial charge in [-0.3, -0.25) is 4.79 Å². The number of hydrogen-bond acceptors (Lipinski definition) is 4. The number of carbonyl (C=O) groups is 1. The summed E-state index contributed by atoms with van der Waals surface area (Å²) in [7, 11) is 0. The third kappa shape index (κ3) is 4.86. The van der Waals surface area contributed by atoms with Crippen molar-refractivity contribution >= 4 is 17.7 Å². The van der Waals surface area contributed by atoms with Crippen molar-refractivity contribution in [2.24, 2.45) is 0 Å². The van der Waals surface area contributed by atoms with Crippen molar-refractivity contribution in [3.05, 3.63) is 0 Å². The highest BCUT2D eigenvalue weighted by molar-refractivity contribution is 7.99. The van der Waals surface area contributed by atoms with E-state index in [1.54, 1.807) is 11.8 Å². The van der Waals surface area contributed by atoms with Crippen LogP contribution in [0.1, 0.15) is 6.92 Å². The van der Waals surface area contributed by atoms with Gasteiger partial charge in [0.1, 0.15) is 0 Å². The zero-order valence-corrected chi connectivity index (χ0v) is 10.3. The lowest BCUT2D eigenvalue weighted by atomic mass is 10.4. The van der Waals surface area contributed by atoms with Gasteiger partial charge in [0.05, 0.1) is 19.8 Å². The Balaban J connectivity index is 2.12. The van der Waals surface area contributed by atoms with Crippen molar-refractivity contribution in [2.45, 2.75) is 12.2 Å². The summed E-state index contributed by atoms with van der Waals surface area (Å²) >= 11 is 1.80. The highest BCUT2D eigenvalue weighted by Gasteiger charge is 2.15. The Bertz CT molecular complexity index is 196. The summed E-state index contributed by atoms with van der Waals surface area (Å²) in [5, 5.41) is 3.74. The van der Waals surface area contributed by atoms with E-state index >= 15 is 0 Å². The Labute approximate surface area is 95.7 Å². The number of carbonyl (C=O) groups excluding carboxylic acids is 1. The molecule has 0 spiro atoms. The molecule has 1 aliphatic rings. The van der Waals surface area contributed by atoms with Crippen LogP contribution in [-0.4, -0.2) is 61.7 Å². The van der Waals surface area contributed by atoms with E-state index in [0.29, 0.717) is 25.0 Å². The number of hydrogen-bond donors (Lipinski definition) is 1. The number of nitrogens with zero attached hydrogens (tertiary/aromatic N) is 1. The molecule has 0 aromatic heterocycles. The lowest BCUT2D eigenvalue weighted by Crippen LogP contribution is -2.45. The van der Waals surface area contributed by atoms with Crippen molar-refractivity contribution in [1.29, 1.82) is 0 Å². The van der Waals surface area contributed by atoms with E-state index in [9.17, 15) is 4.79 Å². The average Bonchev–Trinajstić information content (AvgIpc) is 2.29. The van der Waals surface area contributed by atoms with Gasteiger partial charge in [0, 0.05) is 24.9 Å². The van der Waals surface area contributed by atoms with Crippen LogP contribution >= 0.6 is 11.8 Å². The predicted molar refractivity (Wildman–Crippen MR) is 63.2 cm³/mol. The Morgan fingerprint density at radius 3 is 2.80 bits per heavy atom. The summed E-state index contributed by atoms with van der Waals surface area (Å²) in [6, 6.07) is 0. The smallest absolute Gasteiger partial charge is 0.236 e. The van der Waals surface area contributed by atoms with E-state index in [0.717, 1.165) is 19.6 Å². The first kappa shape index (κ1) is 12.8. The van der Waals surface area contributed by atoms with Gasteiger partial charge in [0.2, 0.25) is 5.91 Å². The summed E-state index contributed by atoms with van der Waals surface area (Å²) in [6.07, 6.45) is 2.08. The molecular weight excluding hydrogens is 212 g/mol. The van der Waals surface area contributed by atoms with Gasteiger partial charge < -0.3 is 15.0 Å². The largest absolute Gasteiger partial charge is 0.378 e. The van der Waals surface area contributed by atoms with Crippen LogP contribution in [0.3, 0.4) is 0 Å². The second-order valence-corrected chi connectivity index (χ2v) is 4.95. The molecule has 1 N–H and O–H groups in total. The van der Waals surface area contributed by atoms with E-state index in [4.69, 9.17) is 4.74 Å². The average molecular weight is 232 g/mol. The maximum absolute atomic E-state index is 11.7. The minimum Gasteiger partial charge on any atom is -0.378 e. The highest BCUT2D eigenvalue weighted by Crippen LogP contribution is 2.02. The van der Waals surface area contributed by atoms with Gasteiger partial charge in [-0.15, -0.1) is 0 Å². The Morgan fingerprint density at radius 1 is 1.53 bits per heavy atom. The third-order valence-electron chi connectivity index (χ3n) is 2.47. The Hall–Kier alpha value is -0.260. The quantitative estimate of drug-likeness (QED) is 0.734. The molecule has 1 unspecified atom stereocenters. The summed E-state index contributed by atoms with van der Waals surface area (Å²) in [4.78, 5) is 13.5. The molecule has 15 heavy (non-hydrogen) atoms. The van der Waals surface area contributed by atoms with Crippen LogP contribution in [0.4, 0.5) is 0 Å². The minimum atomic E-state index is 0.187. The molecule has 1 rings (SSSR count). The van der Waals surface area contributed by atoms with Crippen LogP contribution in [0.2, 0.25) is 0 Å². The summed E-state index contributed by atoms with van der Waals surface area (Å²) in [5.41, 5.74) is 0. The molecule has 1 amide bonds. The van der Waals surface area contributed by atoms with E-state index in [1.807, 2.05) is 4.90 Å². The maximum atomic E-state index is 11.7. The Kier molecular flexibility index (Phi) is 6.05. The van der Waals surface area contributed by atoms with Crippen LogP contribution < -0.4 is 5.32 Å². The third-order valence-corrected chi connectivity index (χ3v) is 3.45. The lowest BCUT2D eigenvalue weighted by molar-refractivity contribution is -0.134. The first-order valence-corrected chi connectivity index (χ1v) is 6.62. The zero-order valence-electron chi connectivity index (χ0n) is 9.49. The molecule has 5 heteroatoms. The minimum absolute atomic E-state index is 0.187. The molecule has 1 atom stereocenters. The van der Waals surface area contributed by atoms with Gasteiger partial charge in [-0.2, -0.15) is 11.8 Å². The standard InChI is InChI=1S/C10H20N2O2S/c1-9(15-2)7-11-8-10(13)12-3-5-14-6-4-12/h9,11H,3-8H2,1-2H3. The van der Waals surface area contributed by atoms with Crippen molar-refractivity contribution in [3.8, 4) is 0 Å². The van der Waals surface area contributed by atoms with Crippen molar-refractivity contribution in [2.75, 3.05) is 45.6 Å². The lowest BCUT2D eigenvalue weighted by Gasteiger charge is -2.27. The summed E-state index contributed by atoms with van der Waals surface area (Å²) in [5.74, 6) is 0.187. The predicted octanol–water partition coefficient (Wildman–Crippen LogP) is 0.186. The Morgan fingerprint density at radius 2 is 2.20 bits per heavy atom. The molecule has 0 bridgehead atoms. The van der Waals surface area contributed by atoms with Gasteiger partial charge in [-0.1, -0.05) is 6.92 Å². The van der Waals surface area contributed by atoms with Crippen molar-refractivity contribution < 1.29 is 9.53 Å². The van der Waals surface area contributed by atoms with Crippen molar-refractivity contribution in [3.63, 3.8) is 0 Å². The van der Waals surface area contributed by atoms with Gasteiger partial charge in [0.15, 0.2) is 0 Å². The van der Waals surface area contributed by atoms with E-state index < -0.39 is 0 Å². The van der Waals surface area contributed by atoms with E-state index in [-0.39, 0.29) is 5.91 Å². The number of morpholine rings is 1. The summed E-state index contributed by atoms with van der Waals surface area (Å²) in [6.45, 7) is 6.30. The van der Waals surface area contributed by atoms with Crippen molar-refractivity contribution in [1.82, 2.24) is 10.2 Å². The second kappa shape index (κ2) is 7.09. The fourth-order valence-electron chi connectivity index (χ4n) is 1.39. The molecule has 1 heterocycles. The topological polar surface area (TPSA) is 41.6 Å². The number of nitrogens with one attached hydrogen (secondary N) is 1. The molecule has 0 aromatic carbocycles. The van der Waals surface area contributed by atoms with Crippen LogP contribution in [-0.2, 0) is 9.53 Å². The molecule has 1 fully saturated rings. The van der Waals surface area contributed by atoms with Crippen LogP contribution in [0.25, 0.3) is 0 Å². The first-order valence-electron chi connectivity index (χ1n) is 5.33. The molecule has 88 valence electrons. The first-order chi connectivity index (χ1) is 7.24. The number of ether oxygens (including phenoxy) is 1. The van der Waals surface area contributed by atoms with E-state index in [2.05, 4.69) is 18.5 Å². The molecule has 1 saturated heterocycles. The van der Waals surface area contributed by atoms with Crippen LogP contribution in [0, 0.1) is 0 Å². The maximum Gasteiger partial charge on any atom is 0.236 e. The molecule has 1 aliphatic heterocycles. The fourth-order valence-corrected chi connectivity index (χ4v) is 1.67. The monoisotopic (exact) mass is 232 g/mol. The molecule has 0 saturated carbocycles. The van der Waals surface area contributed by atoms with Gasteiger partial charge in [-0.25, -0.2) is 0 Å². The number of amides is 1. The normalized spacial score (nSPS) is 18.9. The zero-order chi connectivity index (χ0) is 11.1. The van der Waals surface area contributed by atoms with Gasteiger partial charge >= 0.3 is 0 Å². The molecule has 0 aliphatic carbocycles. The van der Waals surface area contributed by atoms with E-state index in [1.165, 1.54) is 0 Å². The number of thioether (sulfide) groups is 1. The molecule has 0 radical (unpaired) electrons. The molecule has 0 aromatic rings. The highest BCUT2D eigenvalue weighted by atomic mass is 32.2. The molecule has 4 nitrogen and oxygen atoms in total. The second-order valence-electron chi connectivity index (χ2n) is 3.67. The number of rotatable bonds is 5. The molecular formula is C10H20N2O2S. The van der Waals surface area contributed by atoms with Gasteiger partial charge in [-0.05, 0) is 6.26 Å².